The van der Waals surface area contributed by atoms with Gasteiger partial charge in [-0.05, 0) is 49.1 Å². The first-order valence-electron chi connectivity index (χ1n) is 7.31. The summed E-state index contributed by atoms with van der Waals surface area (Å²) in [5, 5.41) is 2.92. The average molecular weight is 364 g/mol. The standard InChI is InChI=1S/C17H20N2O3S2/c1-12(13-7-9-16(23-2)10-8-13)18-17(20)14-5-4-6-15(11-14)19-24(3,21)22/h4-12,19H,1-3H3,(H,18,20). The SMILES string of the molecule is CSc1ccc(C(C)NC(=O)c2cccc(NS(C)(=O)=O)c2)cc1. The summed E-state index contributed by atoms with van der Waals surface area (Å²) < 4.78 is 24.9. The van der Waals surface area contributed by atoms with Gasteiger partial charge in [-0.3, -0.25) is 9.52 Å². The number of benzene rings is 2. The van der Waals surface area contributed by atoms with Gasteiger partial charge in [0.05, 0.1) is 12.3 Å². The third-order valence-electron chi connectivity index (χ3n) is 3.39. The normalized spacial score (nSPS) is 12.5. The third-order valence-corrected chi connectivity index (χ3v) is 4.74. The fraction of sp³-hybridized carbons (Fsp3) is 0.235. The van der Waals surface area contributed by atoms with Crippen LogP contribution < -0.4 is 10.0 Å². The monoisotopic (exact) mass is 364 g/mol. The molecular formula is C17H20N2O3S2. The van der Waals surface area contributed by atoms with E-state index >= 15 is 0 Å². The Morgan fingerprint density at radius 3 is 2.38 bits per heavy atom. The summed E-state index contributed by atoms with van der Waals surface area (Å²) in [6.45, 7) is 1.91. The van der Waals surface area contributed by atoms with E-state index in [1.54, 1.807) is 30.0 Å². The van der Waals surface area contributed by atoms with Crippen LogP contribution in [0, 0.1) is 0 Å². The van der Waals surface area contributed by atoms with Crippen LogP contribution in [0.3, 0.4) is 0 Å². The molecule has 2 aromatic carbocycles. The van der Waals surface area contributed by atoms with Crippen molar-refractivity contribution in [3.05, 3.63) is 59.7 Å². The highest BCUT2D eigenvalue weighted by Gasteiger charge is 2.12. The fourth-order valence-electron chi connectivity index (χ4n) is 2.19. The highest BCUT2D eigenvalue weighted by molar-refractivity contribution is 7.98. The Labute approximate surface area is 146 Å². The minimum Gasteiger partial charge on any atom is -0.346 e. The van der Waals surface area contributed by atoms with E-state index < -0.39 is 10.0 Å². The van der Waals surface area contributed by atoms with E-state index in [4.69, 9.17) is 0 Å². The molecule has 2 aromatic rings. The van der Waals surface area contributed by atoms with E-state index in [1.165, 1.54) is 6.07 Å². The molecule has 0 heterocycles. The maximum Gasteiger partial charge on any atom is 0.251 e. The number of carbonyl (C=O) groups is 1. The molecule has 0 radical (unpaired) electrons. The number of nitrogens with one attached hydrogen (secondary N) is 2. The molecule has 0 aliphatic rings. The zero-order valence-electron chi connectivity index (χ0n) is 13.7. The first-order valence-corrected chi connectivity index (χ1v) is 10.4. The molecule has 0 saturated carbocycles. The van der Waals surface area contributed by atoms with Crippen LogP contribution >= 0.6 is 11.8 Å². The smallest absolute Gasteiger partial charge is 0.251 e. The van der Waals surface area contributed by atoms with Gasteiger partial charge in [0.2, 0.25) is 10.0 Å². The van der Waals surface area contributed by atoms with E-state index in [0.717, 1.165) is 16.7 Å². The number of thioether (sulfide) groups is 1. The number of carbonyl (C=O) groups excluding carboxylic acids is 1. The van der Waals surface area contributed by atoms with Crippen molar-refractivity contribution < 1.29 is 13.2 Å². The van der Waals surface area contributed by atoms with E-state index in [0.29, 0.717) is 11.3 Å². The molecule has 128 valence electrons. The molecule has 0 bridgehead atoms. The summed E-state index contributed by atoms with van der Waals surface area (Å²) in [5.74, 6) is -0.256. The molecule has 0 saturated heterocycles. The largest absolute Gasteiger partial charge is 0.346 e. The number of hydrogen-bond acceptors (Lipinski definition) is 4. The first kappa shape index (κ1) is 18.4. The zero-order valence-corrected chi connectivity index (χ0v) is 15.4. The quantitative estimate of drug-likeness (QED) is 0.772. The number of sulfonamides is 1. The molecule has 7 heteroatoms. The van der Waals surface area contributed by atoms with Crippen molar-refractivity contribution in [1.29, 1.82) is 0 Å². The Bertz CT molecular complexity index is 818. The lowest BCUT2D eigenvalue weighted by molar-refractivity contribution is 0.0940. The van der Waals surface area contributed by atoms with Gasteiger partial charge < -0.3 is 5.32 Å². The second-order valence-electron chi connectivity index (χ2n) is 5.42. The van der Waals surface area contributed by atoms with Crippen LogP contribution in [0.1, 0.15) is 28.9 Å². The maximum absolute atomic E-state index is 12.4. The number of anilines is 1. The van der Waals surface area contributed by atoms with Crippen LogP contribution in [-0.2, 0) is 10.0 Å². The van der Waals surface area contributed by atoms with E-state index in [9.17, 15) is 13.2 Å². The van der Waals surface area contributed by atoms with Gasteiger partial charge in [-0.1, -0.05) is 18.2 Å². The fourth-order valence-corrected chi connectivity index (χ4v) is 3.16. The number of amides is 1. The molecule has 0 aliphatic heterocycles. The van der Waals surface area contributed by atoms with Crippen molar-refractivity contribution in [3.8, 4) is 0 Å². The summed E-state index contributed by atoms with van der Waals surface area (Å²) in [4.78, 5) is 13.5. The molecule has 5 nitrogen and oxygen atoms in total. The molecule has 1 atom stereocenters. The van der Waals surface area contributed by atoms with Crippen LogP contribution in [0.25, 0.3) is 0 Å². The Morgan fingerprint density at radius 2 is 1.79 bits per heavy atom. The third kappa shape index (κ3) is 5.28. The van der Waals surface area contributed by atoms with Crippen molar-refractivity contribution in [3.63, 3.8) is 0 Å². The van der Waals surface area contributed by atoms with Gasteiger partial charge in [0, 0.05) is 16.1 Å². The van der Waals surface area contributed by atoms with Gasteiger partial charge in [-0.25, -0.2) is 8.42 Å². The Hall–Kier alpha value is -1.99. The van der Waals surface area contributed by atoms with Crippen LogP contribution in [0.15, 0.2) is 53.4 Å². The molecule has 2 N–H and O–H groups in total. The average Bonchev–Trinajstić information content (AvgIpc) is 2.53. The van der Waals surface area contributed by atoms with E-state index in [1.807, 2.05) is 37.4 Å². The predicted molar refractivity (Wildman–Crippen MR) is 99.0 cm³/mol. The Balaban J connectivity index is 2.09. The number of hydrogen-bond donors (Lipinski definition) is 2. The molecule has 0 aliphatic carbocycles. The molecular weight excluding hydrogens is 344 g/mol. The second-order valence-corrected chi connectivity index (χ2v) is 8.05. The van der Waals surface area contributed by atoms with E-state index in [2.05, 4.69) is 10.0 Å². The summed E-state index contributed by atoms with van der Waals surface area (Å²) in [5.41, 5.74) is 1.77. The van der Waals surface area contributed by atoms with Gasteiger partial charge in [0.25, 0.3) is 5.91 Å². The lowest BCUT2D eigenvalue weighted by Gasteiger charge is -2.15. The highest BCUT2D eigenvalue weighted by atomic mass is 32.2. The van der Waals surface area contributed by atoms with Crippen molar-refractivity contribution in [2.75, 3.05) is 17.2 Å². The van der Waals surface area contributed by atoms with Gasteiger partial charge in [0.1, 0.15) is 0 Å². The topological polar surface area (TPSA) is 75.3 Å². The first-order chi connectivity index (χ1) is 11.3. The van der Waals surface area contributed by atoms with Crippen LogP contribution in [0.2, 0.25) is 0 Å². The summed E-state index contributed by atoms with van der Waals surface area (Å²) in [7, 11) is -3.38. The van der Waals surface area contributed by atoms with Gasteiger partial charge in [0.15, 0.2) is 0 Å². The minimum atomic E-state index is -3.38. The van der Waals surface area contributed by atoms with Crippen molar-refractivity contribution in [1.82, 2.24) is 5.32 Å². The Kier molecular flexibility index (Phi) is 5.90. The van der Waals surface area contributed by atoms with Crippen LogP contribution in [-0.4, -0.2) is 26.8 Å². The molecule has 0 fully saturated rings. The van der Waals surface area contributed by atoms with Gasteiger partial charge in [-0.2, -0.15) is 0 Å². The number of rotatable bonds is 6. The minimum absolute atomic E-state index is 0.153. The molecule has 2 rings (SSSR count). The van der Waals surface area contributed by atoms with Crippen molar-refractivity contribution in [2.24, 2.45) is 0 Å². The lowest BCUT2D eigenvalue weighted by Crippen LogP contribution is -2.26. The summed E-state index contributed by atoms with van der Waals surface area (Å²) in [6, 6.07) is 14.2. The van der Waals surface area contributed by atoms with Crippen LogP contribution in [0.4, 0.5) is 5.69 Å². The Morgan fingerprint density at radius 1 is 1.12 bits per heavy atom. The van der Waals surface area contributed by atoms with Crippen LogP contribution in [0.5, 0.6) is 0 Å². The molecule has 0 aromatic heterocycles. The molecule has 0 spiro atoms. The zero-order chi connectivity index (χ0) is 17.7. The maximum atomic E-state index is 12.4. The van der Waals surface area contributed by atoms with E-state index in [-0.39, 0.29) is 11.9 Å². The van der Waals surface area contributed by atoms with Crippen molar-refractivity contribution >= 4 is 33.4 Å². The molecule has 24 heavy (non-hydrogen) atoms. The molecule has 1 unspecified atom stereocenters. The van der Waals surface area contributed by atoms with Gasteiger partial charge in [-0.15, -0.1) is 11.8 Å². The highest BCUT2D eigenvalue weighted by Crippen LogP contribution is 2.19. The van der Waals surface area contributed by atoms with Crippen molar-refractivity contribution in [2.45, 2.75) is 17.9 Å². The predicted octanol–water partition coefficient (Wildman–Crippen LogP) is 3.27. The summed E-state index contributed by atoms with van der Waals surface area (Å²) >= 11 is 1.66. The van der Waals surface area contributed by atoms with Gasteiger partial charge >= 0.3 is 0 Å². The summed E-state index contributed by atoms with van der Waals surface area (Å²) in [6.07, 6.45) is 3.08. The lowest BCUT2D eigenvalue weighted by atomic mass is 10.1. The second kappa shape index (κ2) is 7.72. The molecule has 1 amide bonds.